The minimum absolute atomic E-state index is 0.299. The molecule has 2 atom stereocenters. The maximum absolute atomic E-state index is 13.0. The van der Waals surface area contributed by atoms with Gasteiger partial charge in [0.15, 0.2) is 11.8 Å². The number of hydrogen-bond acceptors (Lipinski definition) is 4. The minimum Gasteiger partial charge on any atom is -0.323 e. The van der Waals surface area contributed by atoms with Crippen molar-refractivity contribution in [1.29, 1.82) is 0 Å². The van der Waals surface area contributed by atoms with E-state index in [0.29, 0.717) is 23.7 Å². The normalized spacial score (nSPS) is 20.7. The number of benzene rings is 1. The van der Waals surface area contributed by atoms with Crippen LogP contribution in [-0.2, 0) is 14.4 Å². The van der Waals surface area contributed by atoms with Crippen LogP contribution in [0.3, 0.4) is 0 Å². The number of rotatable bonds is 4. The molecule has 0 aliphatic carbocycles. The molecule has 0 aromatic heterocycles. The van der Waals surface area contributed by atoms with Crippen molar-refractivity contribution in [3.63, 3.8) is 0 Å². The fourth-order valence-corrected chi connectivity index (χ4v) is 3.59. The third-order valence-corrected chi connectivity index (χ3v) is 5.18. The van der Waals surface area contributed by atoms with Crippen molar-refractivity contribution in [2.75, 3.05) is 11.9 Å². The van der Waals surface area contributed by atoms with Gasteiger partial charge in [-0.25, -0.2) is 9.69 Å². The molecule has 2 aliphatic rings. The van der Waals surface area contributed by atoms with E-state index in [-0.39, 0.29) is 0 Å². The van der Waals surface area contributed by atoms with Gasteiger partial charge in [0.1, 0.15) is 6.04 Å². The van der Waals surface area contributed by atoms with Crippen molar-refractivity contribution in [2.45, 2.75) is 45.7 Å². The summed E-state index contributed by atoms with van der Waals surface area (Å²) in [6.07, 6.45) is 1.28. The summed E-state index contributed by atoms with van der Waals surface area (Å²) in [5.41, 5.74) is -0.605. The number of nitrogens with one attached hydrogen (secondary N) is 1. The Hall–Kier alpha value is -2.41. The fraction of sp³-hybridized carbons (Fsp3) is 0.474. The largest absolute Gasteiger partial charge is 0.328 e. The van der Waals surface area contributed by atoms with E-state index in [9.17, 15) is 19.2 Å². The van der Waals surface area contributed by atoms with Crippen molar-refractivity contribution in [3.05, 3.63) is 29.3 Å². The first-order chi connectivity index (χ1) is 12.6. The summed E-state index contributed by atoms with van der Waals surface area (Å²) in [7, 11) is 0. The molecule has 1 N–H and O–H groups in total. The number of nitrogens with zero attached hydrogens (tertiary/aromatic N) is 2. The number of para-hydroxylation sites is 1. The van der Waals surface area contributed by atoms with Gasteiger partial charge in [-0.3, -0.25) is 14.4 Å². The number of ketones is 1. The van der Waals surface area contributed by atoms with Gasteiger partial charge >= 0.3 is 6.03 Å². The zero-order valence-electron chi connectivity index (χ0n) is 15.5. The molecule has 0 spiro atoms. The molecule has 1 aromatic rings. The molecule has 27 heavy (non-hydrogen) atoms. The lowest BCUT2D eigenvalue weighted by Crippen LogP contribution is -2.55. The first-order valence-electron chi connectivity index (χ1n) is 8.86. The number of carbonyl (C=O) groups excluding carboxylic acids is 4. The summed E-state index contributed by atoms with van der Waals surface area (Å²) in [6.45, 7) is 5.40. The van der Waals surface area contributed by atoms with Crippen LogP contribution in [0.4, 0.5) is 10.5 Å². The number of hydrogen-bond donors (Lipinski definition) is 1. The van der Waals surface area contributed by atoms with Crippen LogP contribution in [0.1, 0.15) is 33.6 Å². The molecule has 0 radical (unpaired) electrons. The number of amides is 4. The number of imide groups is 1. The SMILES string of the molecule is CC(C)(C)C(=O)C(C(=O)Nc1ccccc1Cl)N1C(=O)C2CCCN2C1=O. The Bertz CT molecular complexity index is 795. The lowest BCUT2D eigenvalue weighted by Gasteiger charge is -2.29. The van der Waals surface area contributed by atoms with Gasteiger partial charge in [0.05, 0.1) is 10.7 Å². The first-order valence-corrected chi connectivity index (χ1v) is 9.24. The number of fused-ring (bicyclic) bond motifs is 1. The number of halogens is 1. The Labute approximate surface area is 162 Å². The number of anilines is 1. The standard InChI is InChI=1S/C19H22ClN3O4/c1-19(2,3)15(24)14(16(25)21-12-8-5-4-7-11(12)20)23-17(26)13-9-6-10-22(13)18(23)27/h4-5,7-8,13-14H,6,9-10H2,1-3H3,(H,21,25). The molecular weight excluding hydrogens is 370 g/mol. The molecule has 3 rings (SSSR count). The lowest BCUT2D eigenvalue weighted by molar-refractivity contribution is -0.143. The second-order valence-electron chi connectivity index (χ2n) is 7.83. The molecule has 8 heteroatoms. The van der Waals surface area contributed by atoms with Gasteiger partial charge in [-0.2, -0.15) is 0 Å². The van der Waals surface area contributed by atoms with Gasteiger partial charge in [0.2, 0.25) is 0 Å². The van der Waals surface area contributed by atoms with E-state index < -0.39 is 41.1 Å². The predicted octanol–water partition coefficient (Wildman–Crippen LogP) is 2.69. The Morgan fingerprint density at radius 1 is 1.22 bits per heavy atom. The van der Waals surface area contributed by atoms with E-state index in [1.165, 1.54) is 4.90 Å². The highest BCUT2D eigenvalue weighted by molar-refractivity contribution is 6.34. The van der Waals surface area contributed by atoms with Crippen LogP contribution in [0.2, 0.25) is 5.02 Å². The molecular formula is C19H22ClN3O4. The quantitative estimate of drug-likeness (QED) is 0.631. The van der Waals surface area contributed by atoms with Crippen molar-refractivity contribution < 1.29 is 19.2 Å². The second-order valence-corrected chi connectivity index (χ2v) is 8.24. The third-order valence-electron chi connectivity index (χ3n) is 4.85. The molecule has 2 heterocycles. The van der Waals surface area contributed by atoms with E-state index in [0.717, 1.165) is 11.3 Å². The number of Topliss-reactive ketones (excluding diaryl/α,β-unsaturated/α-hetero) is 1. The fourth-order valence-electron chi connectivity index (χ4n) is 3.41. The predicted molar refractivity (Wildman–Crippen MR) is 100 cm³/mol. The molecule has 2 fully saturated rings. The van der Waals surface area contributed by atoms with E-state index in [1.54, 1.807) is 45.0 Å². The van der Waals surface area contributed by atoms with Crippen LogP contribution in [-0.4, -0.2) is 52.1 Å². The average molecular weight is 392 g/mol. The van der Waals surface area contributed by atoms with Crippen molar-refractivity contribution in [2.24, 2.45) is 5.41 Å². The van der Waals surface area contributed by atoms with Gasteiger partial charge < -0.3 is 10.2 Å². The van der Waals surface area contributed by atoms with Crippen LogP contribution < -0.4 is 5.32 Å². The van der Waals surface area contributed by atoms with Gasteiger partial charge in [0, 0.05) is 12.0 Å². The zero-order valence-corrected chi connectivity index (χ0v) is 16.2. The highest BCUT2D eigenvalue weighted by Gasteiger charge is 2.54. The zero-order chi connectivity index (χ0) is 19.9. The van der Waals surface area contributed by atoms with Crippen LogP contribution >= 0.6 is 11.6 Å². The third kappa shape index (κ3) is 3.43. The van der Waals surface area contributed by atoms with Crippen LogP contribution in [0, 0.1) is 5.41 Å². The maximum atomic E-state index is 13.0. The van der Waals surface area contributed by atoms with Crippen LogP contribution in [0.5, 0.6) is 0 Å². The lowest BCUT2D eigenvalue weighted by atomic mass is 9.85. The summed E-state index contributed by atoms with van der Waals surface area (Å²) in [5.74, 6) is -1.74. The summed E-state index contributed by atoms with van der Waals surface area (Å²) in [4.78, 5) is 53.8. The smallest absolute Gasteiger partial charge is 0.323 e. The van der Waals surface area contributed by atoms with Gasteiger partial charge in [0.25, 0.3) is 11.8 Å². The summed E-state index contributed by atoms with van der Waals surface area (Å²) < 4.78 is 0. The highest BCUT2D eigenvalue weighted by atomic mass is 35.5. The Morgan fingerprint density at radius 3 is 2.48 bits per heavy atom. The van der Waals surface area contributed by atoms with Crippen molar-refractivity contribution >= 4 is 40.9 Å². The average Bonchev–Trinajstić information content (AvgIpc) is 3.16. The van der Waals surface area contributed by atoms with E-state index in [4.69, 9.17) is 11.6 Å². The molecule has 4 amide bonds. The number of carbonyl (C=O) groups is 4. The molecule has 2 unspecified atom stereocenters. The molecule has 144 valence electrons. The van der Waals surface area contributed by atoms with Crippen molar-refractivity contribution in [1.82, 2.24) is 9.80 Å². The minimum atomic E-state index is -1.54. The molecule has 2 saturated heterocycles. The monoisotopic (exact) mass is 391 g/mol. The molecule has 0 bridgehead atoms. The van der Waals surface area contributed by atoms with Gasteiger partial charge in [-0.15, -0.1) is 0 Å². The summed E-state index contributed by atoms with van der Waals surface area (Å²) in [5, 5.41) is 2.89. The second kappa shape index (κ2) is 6.96. The Morgan fingerprint density at radius 2 is 1.89 bits per heavy atom. The van der Waals surface area contributed by atoms with E-state index >= 15 is 0 Å². The molecule has 0 saturated carbocycles. The molecule has 1 aromatic carbocycles. The van der Waals surface area contributed by atoms with Crippen molar-refractivity contribution in [3.8, 4) is 0 Å². The topological polar surface area (TPSA) is 86.8 Å². The Balaban J connectivity index is 1.96. The van der Waals surface area contributed by atoms with E-state index in [1.807, 2.05) is 0 Å². The highest BCUT2D eigenvalue weighted by Crippen LogP contribution is 2.32. The van der Waals surface area contributed by atoms with Crippen LogP contribution in [0.25, 0.3) is 0 Å². The first kappa shape index (κ1) is 19.4. The summed E-state index contributed by atoms with van der Waals surface area (Å²) >= 11 is 6.08. The summed E-state index contributed by atoms with van der Waals surface area (Å²) in [6, 6.07) is 3.87. The molecule has 7 nitrogen and oxygen atoms in total. The number of urea groups is 1. The van der Waals surface area contributed by atoms with Gasteiger partial charge in [-0.05, 0) is 25.0 Å². The molecule has 2 aliphatic heterocycles. The van der Waals surface area contributed by atoms with Crippen LogP contribution in [0.15, 0.2) is 24.3 Å². The Kier molecular flexibility index (Phi) is 4.99. The maximum Gasteiger partial charge on any atom is 0.328 e. The van der Waals surface area contributed by atoms with E-state index in [2.05, 4.69) is 5.32 Å². The van der Waals surface area contributed by atoms with Gasteiger partial charge in [-0.1, -0.05) is 44.5 Å².